The third-order valence-corrected chi connectivity index (χ3v) is 3.21. The van der Waals surface area contributed by atoms with E-state index in [0.717, 1.165) is 7.05 Å². The van der Waals surface area contributed by atoms with Gasteiger partial charge in [0.15, 0.2) is 17.4 Å². The van der Waals surface area contributed by atoms with E-state index in [1.807, 2.05) is 0 Å². The zero-order valence-corrected chi connectivity index (χ0v) is 12.7. The van der Waals surface area contributed by atoms with Crippen molar-refractivity contribution in [3.05, 3.63) is 69.0 Å². The predicted octanol–water partition coefficient (Wildman–Crippen LogP) is 2.40. The molecule has 0 atom stereocenters. The molecular weight excluding hydrogens is 351 g/mol. The Bertz CT molecular complexity index is 944. The molecule has 0 aliphatic rings. The van der Waals surface area contributed by atoms with Crippen LogP contribution in [-0.2, 0) is 13.2 Å². The van der Waals surface area contributed by atoms with Crippen LogP contribution in [0.1, 0.15) is 5.69 Å². The van der Waals surface area contributed by atoms with Gasteiger partial charge < -0.3 is 4.74 Å². The van der Waals surface area contributed by atoms with Crippen LogP contribution in [0.5, 0.6) is 5.75 Å². The molecule has 1 aromatic carbocycles. The third kappa shape index (κ3) is 3.47. The fourth-order valence-electron chi connectivity index (χ4n) is 2.07. The molecule has 0 aliphatic carbocycles. The molecule has 0 spiro atoms. The maximum atomic E-state index is 14.0. The van der Waals surface area contributed by atoms with E-state index in [9.17, 15) is 31.5 Å². The van der Waals surface area contributed by atoms with Crippen LogP contribution in [0.2, 0.25) is 0 Å². The number of aromatic nitrogens is 2. The van der Waals surface area contributed by atoms with Crippen LogP contribution < -0.4 is 16.0 Å². The Hall–Kier alpha value is -2.91. The number of benzene rings is 1. The Balaban J connectivity index is 2.75. The van der Waals surface area contributed by atoms with Gasteiger partial charge in [-0.1, -0.05) is 12.7 Å². The van der Waals surface area contributed by atoms with Gasteiger partial charge in [0.2, 0.25) is 0 Å². The lowest BCUT2D eigenvalue weighted by Gasteiger charge is -2.15. The molecule has 0 saturated carbocycles. The monoisotopic (exact) mass is 362 g/mol. The second-order valence-corrected chi connectivity index (χ2v) is 4.88. The number of rotatable bonds is 4. The summed E-state index contributed by atoms with van der Waals surface area (Å²) < 4.78 is 71.4. The molecule has 2 rings (SSSR count). The summed E-state index contributed by atoms with van der Waals surface area (Å²) >= 11 is 0. The summed E-state index contributed by atoms with van der Waals surface area (Å²) in [4.78, 5) is 24.1. The second kappa shape index (κ2) is 6.54. The summed E-state index contributed by atoms with van der Waals surface area (Å²) in [7, 11) is 0.775. The van der Waals surface area contributed by atoms with Crippen molar-refractivity contribution in [3.63, 3.8) is 0 Å². The van der Waals surface area contributed by atoms with Crippen molar-refractivity contribution < 1.29 is 26.7 Å². The highest BCUT2D eigenvalue weighted by atomic mass is 19.4. The Kier molecular flexibility index (Phi) is 4.82. The average molecular weight is 362 g/mol. The van der Waals surface area contributed by atoms with Crippen molar-refractivity contribution in [2.45, 2.75) is 6.18 Å². The van der Waals surface area contributed by atoms with E-state index in [1.54, 1.807) is 0 Å². The highest BCUT2D eigenvalue weighted by Crippen LogP contribution is 2.27. The largest absolute Gasteiger partial charge is 0.486 e. The van der Waals surface area contributed by atoms with Crippen molar-refractivity contribution in [1.82, 2.24) is 9.13 Å². The van der Waals surface area contributed by atoms with Crippen molar-refractivity contribution in [2.75, 3.05) is 6.61 Å². The van der Waals surface area contributed by atoms with E-state index in [2.05, 4.69) is 6.58 Å². The minimum Gasteiger partial charge on any atom is -0.486 e. The molecule has 1 aromatic heterocycles. The Morgan fingerprint density at radius 2 is 1.80 bits per heavy atom. The van der Waals surface area contributed by atoms with Gasteiger partial charge in [-0.25, -0.2) is 18.1 Å². The minimum absolute atomic E-state index is 0.147. The molecule has 1 heterocycles. The lowest BCUT2D eigenvalue weighted by atomic mass is 10.2. The summed E-state index contributed by atoms with van der Waals surface area (Å²) in [5.41, 5.74) is -5.10. The van der Waals surface area contributed by atoms with Crippen LogP contribution in [0, 0.1) is 11.6 Å². The predicted molar refractivity (Wildman–Crippen MR) is 77.9 cm³/mol. The lowest BCUT2D eigenvalue weighted by molar-refractivity contribution is -0.144. The molecule has 0 N–H and O–H groups in total. The maximum absolute atomic E-state index is 14.0. The van der Waals surface area contributed by atoms with Crippen molar-refractivity contribution in [3.8, 4) is 11.4 Å². The van der Waals surface area contributed by atoms with E-state index in [4.69, 9.17) is 4.74 Å². The minimum atomic E-state index is -4.95. The average Bonchev–Trinajstić information content (AvgIpc) is 2.50. The van der Waals surface area contributed by atoms with Crippen LogP contribution >= 0.6 is 0 Å². The van der Waals surface area contributed by atoms with Crippen molar-refractivity contribution >= 4 is 0 Å². The van der Waals surface area contributed by atoms with Gasteiger partial charge in [-0.15, -0.1) is 0 Å². The van der Waals surface area contributed by atoms with E-state index in [-0.39, 0.29) is 21.8 Å². The first-order valence-corrected chi connectivity index (χ1v) is 6.71. The summed E-state index contributed by atoms with van der Waals surface area (Å²) in [6.07, 6.45) is -3.68. The summed E-state index contributed by atoms with van der Waals surface area (Å²) in [6, 6.07) is 1.22. The highest BCUT2D eigenvalue weighted by molar-refractivity contribution is 5.42. The first-order chi connectivity index (χ1) is 11.6. The fourth-order valence-corrected chi connectivity index (χ4v) is 2.07. The molecule has 0 unspecified atom stereocenters. The molecular formula is C15H11F5N2O3. The Morgan fingerprint density at radius 3 is 2.36 bits per heavy atom. The smallest absolute Gasteiger partial charge is 0.431 e. The second-order valence-electron chi connectivity index (χ2n) is 4.88. The third-order valence-electron chi connectivity index (χ3n) is 3.21. The molecule has 0 aliphatic heterocycles. The fraction of sp³-hybridized carbons (Fsp3) is 0.200. The zero-order valence-electron chi connectivity index (χ0n) is 12.7. The van der Waals surface area contributed by atoms with Crippen molar-refractivity contribution in [2.24, 2.45) is 7.05 Å². The first kappa shape index (κ1) is 18.4. The van der Waals surface area contributed by atoms with E-state index >= 15 is 0 Å². The summed E-state index contributed by atoms with van der Waals surface area (Å²) in [5, 5.41) is 0. The van der Waals surface area contributed by atoms with E-state index in [0.29, 0.717) is 12.1 Å². The zero-order chi connectivity index (χ0) is 18.9. The van der Waals surface area contributed by atoms with Crippen LogP contribution in [0.3, 0.4) is 0 Å². The van der Waals surface area contributed by atoms with Gasteiger partial charge in [0.25, 0.3) is 5.56 Å². The topological polar surface area (TPSA) is 53.2 Å². The number of halogens is 5. The van der Waals surface area contributed by atoms with Crippen LogP contribution in [0.15, 0.2) is 40.4 Å². The molecule has 0 amide bonds. The van der Waals surface area contributed by atoms with E-state index < -0.39 is 46.2 Å². The van der Waals surface area contributed by atoms with Gasteiger partial charge in [0, 0.05) is 25.2 Å². The molecule has 0 bridgehead atoms. The maximum Gasteiger partial charge on any atom is 0.431 e. The van der Waals surface area contributed by atoms with Gasteiger partial charge in [-0.3, -0.25) is 9.36 Å². The van der Waals surface area contributed by atoms with Gasteiger partial charge in [0.05, 0.1) is 5.69 Å². The number of nitrogens with zero attached hydrogens (tertiary/aromatic N) is 2. The van der Waals surface area contributed by atoms with Crippen LogP contribution in [-0.4, -0.2) is 15.7 Å². The van der Waals surface area contributed by atoms with Gasteiger partial charge in [0.1, 0.15) is 12.3 Å². The number of hydrogen-bond acceptors (Lipinski definition) is 3. The van der Waals surface area contributed by atoms with Gasteiger partial charge in [-0.05, 0) is 0 Å². The molecule has 0 saturated heterocycles. The van der Waals surface area contributed by atoms with Gasteiger partial charge in [-0.2, -0.15) is 13.2 Å². The number of hydrogen-bond donors (Lipinski definition) is 0. The standard InChI is InChI=1S/C15H11F5N2O3/c1-3-4-25-11-6-10(8(16)5-9(11)17)22-13(23)7-12(15(18,19)20)21(2)14(22)24/h3,5-7H,1,4H2,2H3. The van der Waals surface area contributed by atoms with Crippen LogP contribution in [0.25, 0.3) is 5.69 Å². The van der Waals surface area contributed by atoms with Crippen LogP contribution in [0.4, 0.5) is 22.0 Å². The molecule has 25 heavy (non-hydrogen) atoms. The summed E-state index contributed by atoms with van der Waals surface area (Å²) in [6.45, 7) is 3.19. The lowest BCUT2D eigenvalue weighted by Crippen LogP contribution is -2.41. The van der Waals surface area contributed by atoms with Gasteiger partial charge >= 0.3 is 11.9 Å². The van der Waals surface area contributed by atoms with E-state index in [1.165, 1.54) is 6.08 Å². The molecule has 2 aromatic rings. The van der Waals surface area contributed by atoms with Crippen molar-refractivity contribution in [1.29, 1.82) is 0 Å². The SMILES string of the molecule is C=CCOc1cc(-n2c(=O)cc(C(F)(F)F)n(C)c2=O)c(F)cc1F. The Morgan fingerprint density at radius 1 is 1.16 bits per heavy atom. The molecule has 0 radical (unpaired) electrons. The molecule has 0 fully saturated rings. The molecule has 5 nitrogen and oxygen atoms in total. The molecule has 134 valence electrons. The first-order valence-electron chi connectivity index (χ1n) is 6.71. The Labute approximate surface area is 137 Å². The normalized spacial score (nSPS) is 11.4. The number of ether oxygens (including phenoxy) is 1. The summed E-state index contributed by atoms with van der Waals surface area (Å²) in [5.74, 6) is -2.92. The highest BCUT2D eigenvalue weighted by Gasteiger charge is 2.35. The molecule has 10 heteroatoms. The quantitative estimate of drug-likeness (QED) is 0.620. The number of alkyl halides is 3.